The Morgan fingerprint density at radius 1 is 1.30 bits per heavy atom. The van der Waals surface area contributed by atoms with Gasteiger partial charge in [0.1, 0.15) is 22.1 Å². The summed E-state index contributed by atoms with van der Waals surface area (Å²) in [6.07, 6.45) is 0.810. The van der Waals surface area contributed by atoms with Gasteiger partial charge in [0.15, 0.2) is 6.29 Å². The Morgan fingerprint density at radius 3 is 2.70 bits per heavy atom. The monoisotopic (exact) mass is 329 g/mol. The van der Waals surface area contributed by atoms with Crippen molar-refractivity contribution < 1.29 is 9.53 Å². The van der Waals surface area contributed by atoms with Crippen LogP contribution in [-0.2, 0) is 5.41 Å². The summed E-state index contributed by atoms with van der Waals surface area (Å²) in [6.45, 7) is 8.77. The molecule has 0 aliphatic carbocycles. The van der Waals surface area contributed by atoms with Crippen LogP contribution in [0.5, 0.6) is 5.75 Å². The van der Waals surface area contributed by atoms with Crippen LogP contribution >= 0.6 is 11.3 Å². The second-order valence-electron chi connectivity index (χ2n) is 6.24. The van der Waals surface area contributed by atoms with Crippen molar-refractivity contribution >= 4 is 22.6 Å². The average molecular weight is 329 g/mol. The summed E-state index contributed by atoms with van der Waals surface area (Å²) >= 11 is 1.51. The number of benzene rings is 1. The van der Waals surface area contributed by atoms with Gasteiger partial charge in [-0.1, -0.05) is 44.2 Å². The number of carbonyl (C=O) groups is 1. The van der Waals surface area contributed by atoms with Gasteiger partial charge in [0.25, 0.3) is 0 Å². The number of rotatable bonds is 4. The highest BCUT2D eigenvalue weighted by Crippen LogP contribution is 2.34. The molecule has 120 valence electrons. The van der Waals surface area contributed by atoms with Crippen molar-refractivity contribution in [1.82, 2.24) is 14.6 Å². The van der Waals surface area contributed by atoms with Crippen molar-refractivity contribution in [3.05, 3.63) is 35.0 Å². The molecule has 2 heterocycles. The average Bonchev–Trinajstić information content (AvgIpc) is 3.05. The van der Waals surface area contributed by atoms with Gasteiger partial charge in [0.05, 0.1) is 6.61 Å². The number of fused-ring (bicyclic) bond motifs is 1. The van der Waals surface area contributed by atoms with Crippen LogP contribution in [0.15, 0.2) is 24.3 Å². The minimum absolute atomic E-state index is 0.0745. The molecule has 2 aromatic heterocycles. The molecule has 1 aromatic carbocycles. The maximum atomic E-state index is 11.7. The number of carbonyl (C=O) groups excluding carboxylic acids is 1. The van der Waals surface area contributed by atoms with Gasteiger partial charge in [-0.15, -0.1) is 0 Å². The van der Waals surface area contributed by atoms with Crippen LogP contribution in [-0.4, -0.2) is 27.5 Å². The van der Waals surface area contributed by atoms with E-state index in [1.54, 1.807) is 4.52 Å². The minimum atomic E-state index is -0.0745. The molecular formula is C17H19N3O2S. The van der Waals surface area contributed by atoms with Gasteiger partial charge in [-0.2, -0.15) is 9.61 Å². The smallest absolute Gasteiger partial charge is 0.213 e. The van der Waals surface area contributed by atoms with Crippen LogP contribution in [0.1, 0.15) is 43.2 Å². The Morgan fingerprint density at radius 2 is 2.04 bits per heavy atom. The van der Waals surface area contributed by atoms with E-state index in [9.17, 15) is 4.79 Å². The Kier molecular flexibility index (Phi) is 3.93. The maximum Gasteiger partial charge on any atom is 0.213 e. The minimum Gasteiger partial charge on any atom is -0.493 e. The largest absolute Gasteiger partial charge is 0.493 e. The first kappa shape index (κ1) is 15.7. The molecule has 0 fully saturated rings. The molecule has 0 aliphatic rings. The van der Waals surface area contributed by atoms with Crippen LogP contribution in [0.3, 0.4) is 0 Å². The van der Waals surface area contributed by atoms with Crippen LogP contribution < -0.4 is 4.74 Å². The summed E-state index contributed by atoms with van der Waals surface area (Å²) in [5.41, 5.74) is 1.81. The fourth-order valence-electron chi connectivity index (χ4n) is 2.31. The van der Waals surface area contributed by atoms with Gasteiger partial charge in [0, 0.05) is 11.0 Å². The fourth-order valence-corrected chi connectivity index (χ4v) is 3.28. The zero-order chi connectivity index (χ0) is 16.6. The first-order valence-corrected chi connectivity index (χ1v) is 8.34. The van der Waals surface area contributed by atoms with E-state index in [2.05, 4.69) is 30.9 Å². The summed E-state index contributed by atoms with van der Waals surface area (Å²) < 4.78 is 7.29. The summed E-state index contributed by atoms with van der Waals surface area (Å²) in [4.78, 5) is 17.0. The third-order valence-corrected chi connectivity index (χ3v) is 4.77. The Labute approximate surface area is 138 Å². The lowest BCUT2D eigenvalue weighted by Gasteiger charge is -2.12. The molecule has 0 amide bonds. The highest BCUT2D eigenvalue weighted by atomic mass is 32.1. The third-order valence-electron chi connectivity index (χ3n) is 3.43. The molecule has 0 aliphatic heterocycles. The van der Waals surface area contributed by atoms with E-state index in [-0.39, 0.29) is 5.41 Å². The van der Waals surface area contributed by atoms with Crippen molar-refractivity contribution in [2.45, 2.75) is 33.1 Å². The van der Waals surface area contributed by atoms with Gasteiger partial charge < -0.3 is 4.74 Å². The molecule has 3 rings (SSSR count). The van der Waals surface area contributed by atoms with Gasteiger partial charge in [-0.25, -0.2) is 4.98 Å². The van der Waals surface area contributed by atoms with Crippen molar-refractivity contribution in [2.75, 3.05) is 6.61 Å². The van der Waals surface area contributed by atoms with E-state index in [1.807, 2.05) is 31.2 Å². The third kappa shape index (κ3) is 2.74. The molecule has 0 saturated carbocycles. The predicted molar refractivity (Wildman–Crippen MR) is 91.6 cm³/mol. The molecule has 5 nitrogen and oxygen atoms in total. The summed E-state index contributed by atoms with van der Waals surface area (Å²) in [7, 11) is 0. The quantitative estimate of drug-likeness (QED) is 0.680. The van der Waals surface area contributed by atoms with Gasteiger partial charge >= 0.3 is 0 Å². The van der Waals surface area contributed by atoms with Crippen molar-refractivity contribution in [3.8, 4) is 17.0 Å². The topological polar surface area (TPSA) is 56.5 Å². The van der Waals surface area contributed by atoms with E-state index in [0.717, 1.165) is 27.6 Å². The number of hydrogen-bond acceptors (Lipinski definition) is 5. The standard InChI is InChI=1S/C17H19N3O2S/c1-5-22-13-9-7-6-8-11(13)14-12(10-21)20-16(18-14)23-15(19-20)17(2,3)4/h6-10H,5H2,1-4H3. The van der Waals surface area contributed by atoms with Crippen molar-refractivity contribution in [2.24, 2.45) is 0 Å². The predicted octanol–water partition coefficient (Wildman–Crippen LogP) is 3.97. The van der Waals surface area contributed by atoms with Crippen LogP contribution in [0.25, 0.3) is 16.2 Å². The lowest BCUT2D eigenvalue weighted by molar-refractivity contribution is 0.111. The lowest BCUT2D eigenvalue weighted by Crippen LogP contribution is -2.11. The van der Waals surface area contributed by atoms with Crippen LogP contribution in [0.4, 0.5) is 0 Å². The summed E-state index contributed by atoms with van der Waals surface area (Å²) in [5, 5.41) is 5.53. The number of aromatic nitrogens is 3. The molecule has 0 spiro atoms. The molecule has 0 N–H and O–H groups in total. The van der Waals surface area contributed by atoms with Crippen LogP contribution in [0.2, 0.25) is 0 Å². The number of imidazole rings is 1. The molecule has 23 heavy (non-hydrogen) atoms. The second kappa shape index (κ2) is 5.77. The van der Waals surface area contributed by atoms with E-state index in [0.29, 0.717) is 18.0 Å². The normalized spacial score (nSPS) is 11.8. The first-order valence-electron chi connectivity index (χ1n) is 7.53. The fraction of sp³-hybridized carbons (Fsp3) is 0.353. The number of hydrogen-bond donors (Lipinski definition) is 0. The zero-order valence-corrected chi connectivity index (χ0v) is 14.5. The zero-order valence-electron chi connectivity index (χ0n) is 13.7. The Hall–Kier alpha value is -2.21. The first-order chi connectivity index (χ1) is 11.0. The molecule has 0 atom stereocenters. The highest BCUT2D eigenvalue weighted by molar-refractivity contribution is 7.16. The van der Waals surface area contributed by atoms with E-state index >= 15 is 0 Å². The molecule has 0 unspecified atom stereocenters. The Bertz CT molecular complexity index is 858. The number of para-hydroxylation sites is 1. The number of aldehydes is 1. The summed E-state index contributed by atoms with van der Waals surface area (Å²) in [6, 6.07) is 7.61. The lowest BCUT2D eigenvalue weighted by atomic mass is 9.98. The van der Waals surface area contributed by atoms with Crippen LogP contribution in [0, 0.1) is 0 Å². The van der Waals surface area contributed by atoms with Gasteiger partial charge in [0.2, 0.25) is 4.96 Å². The van der Waals surface area contributed by atoms with E-state index in [4.69, 9.17) is 4.74 Å². The van der Waals surface area contributed by atoms with E-state index in [1.165, 1.54) is 11.3 Å². The number of nitrogens with zero attached hydrogens (tertiary/aromatic N) is 3. The maximum absolute atomic E-state index is 11.7. The second-order valence-corrected chi connectivity index (χ2v) is 7.20. The summed E-state index contributed by atoms with van der Waals surface area (Å²) in [5.74, 6) is 0.722. The molecule has 6 heteroatoms. The molecule has 0 radical (unpaired) electrons. The van der Waals surface area contributed by atoms with E-state index < -0.39 is 0 Å². The molecular weight excluding hydrogens is 310 g/mol. The SMILES string of the molecule is CCOc1ccccc1-c1nc2sc(C(C)(C)C)nn2c1C=O. The van der Waals surface area contributed by atoms with Crippen molar-refractivity contribution in [3.63, 3.8) is 0 Å². The Balaban J connectivity index is 2.20. The van der Waals surface area contributed by atoms with Gasteiger partial charge in [-0.3, -0.25) is 4.79 Å². The highest BCUT2D eigenvalue weighted by Gasteiger charge is 2.24. The van der Waals surface area contributed by atoms with Gasteiger partial charge in [-0.05, 0) is 19.1 Å². The number of ether oxygens (including phenoxy) is 1. The molecule has 3 aromatic rings. The molecule has 0 saturated heterocycles. The van der Waals surface area contributed by atoms with Crippen molar-refractivity contribution in [1.29, 1.82) is 0 Å². The molecule has 0 bridgehead atoms.